The molecule has 2 N–H and O–H groups in total. The number of hydrogen-bond acceptors (Lipinski definition) is 6. The number of rotatable bonds is 4. The number of esters is 1. The maximum absolute atomic E-state index is 11.8. The van der Waals surface area contributed by atoms with E-state index in [-0.39, 0.29) is 11.6 Å². The minimum absolute atomic E-state index is 0.126. The molecule has 0 aromatic heterocycles. The maximum atomic E-state index is 11.8. The molecule has 7 heteroatoms. The second-order valence-electron chi connectivity index (χ2n) is 4.85. The topological polar surface area (TPSA) is 91.0 Å². The molecule has 0 bridgehead atoms. The second-order valence-corrected chi connectivity index (χ2v) is 6.17. The molecule has 0 radical (unpaired) electrons. The number of carbonyl (C=O) groups excluding carboxylic acids is 2. The molecule has 2 rings (SSSR count). The molecule has 2 aliphatic rings. The first kappa shape index (κ1) is 13.4. The zero-order valence-corrected chi connectivity index (χ0v) is 11.2. The van der Waals surface area contributed by atoms with Crippen LogP contribution in [-0.2, 0) is 19.1 Å². The summed E-state index contributed by atoms with van der Waals surface area (Å²) in [7, 11) is 0. The largest absolute Gasteiger partial charge is 0.458 e. The Labute approximate surface area is 109 Å². The van der Waals surface area contributed by atoms with E-state index in [1.807, 2.05) is 13.8 Å². The average molecular weight is 272 g/mol. The number of nitrogens with zero attached hydrogens (tertiary/aromatic N) is 1. The van der Waals surface area contributed by atoms with Crippen LogP contribution in [0.25, 0.3) is 0 Å². The van der Waals surface area contributed by atoms with Crippen LogP contribution in [0, 0.1) is 5.92 Å². The van der Waals surface area contributed by atoms with Crippen LogP contribution in [0.5, 0.6) is 0 Å². The highest BCUT2D eigenvalue weighted by Gasteiger charge is 2.59. The van der Waals surface area contributed by atoms with Crippen molar-refractivity contribution >= 4 is 28.8 Å². The summed E-state index contributed by atoms with van der Waals surface area (Å²) in [6.07, 6.45) is -0.119. The third kappa shape index (κ3) is 2.37. The summed E-state index contributed by atoms with van der Waals surface area (Å²) in [4.78, 5) is 27.1. The smallest absolute Gasteiger partial charge is 0.333 e. The molecule has 2 atom stereocenters. The zero-order chi connectivity index (χ0) is 13.3. The predicted molar refractivity (Wildman–Crippen MR) is 67.1 cm³/mol. The number of hydrogen-bond donors (Lipinski definition) is 1. The Kier molecular flexibility index (Phi) is 3.63. The Hall–Kier alpha value is -1.08. The molecular weight excluding hydrogens is 256 g/mol. The van der Waals surface area contributed by atoms with E-state index in [4.69, 9.17) is 15.2 Å². The van der Waals surface area contributed by atoms with Gasteiger partial charge in [0.15, 0.2) is 5.17 Å². The zero-order valence-electron chi connectivity index (χ0n) is 10.3. The summed E-state index contributed by atoms with van der Waals surface area (Å²) in [6, 6.07) is 0. The summed E-state index contributed by atoms with van der Waals surface area (Å²) < 4.78 is 9.34. The summed E-state index contributed by atoms with van der Waals surface area (Å²) in [5.41, 5.74) is 5.48. The molecule has 1 saturated heterocycles. The number of aliphatic imine (C=N–C) groups is 1. The van der Waals surface area contributed by atoms with Gasteiger partial charge in [0.1, 0.15) is 6.10 Å². The fraction of sp³-hybridized carbons (Fsp3) is 0.727. The lowest BCUT2D eigenvalue weighted by molar-refractivity contribution is -0.146. The van der Waals surface area contributed by atoms with Crippen molar-refractivity contribution in [3.63, 3.8) is 0 Å². The van der Waals surface area contributed by atoms with Gasteiger partial charge in [-0.3, -0.25) is 4.79 Å². The summed E-state index contributed by atoms with van der Waals surface area (Å²) >= 11 is 0.983. The minimum atomic E-state index is -1.25. The van der Waals surface area contributed by atoms with Crippen LogP contribution >= 0.6 is 11.8 Å². The first-order valence-electron chi connectivity index (χ1n) is 5.80. The Morgan fingerprint density at radius 1 is 1.61 bits per heavy atom. The van der Waals surface area contributed by atoms with Gasteiger partial charge >= 0.3 is 5.97 Å². The van der Waals surface area contributed by atoms with Gasteiger partial charge in [-0.2, -0.15) is 4.99 Å². The van der Waals surface area contributed by atoms with Crippen LogP contribution < -0.4 is 5.73 Å². The Balaban J connectivity index is 1.94. The molecule has 1 fully saturated rings. The lowest BCUT2D eigenvalue weighted by Gasteiger charge is -2.13. The normalized spacial score (nSPS) is 31.3. The average Bonchev–Trinajstić information content (AvgIpc) is 2.69. The fourth-order valence-corrected chi connectivity index (χ4v) is 2.93. The third-order valence-electron chi connectivity index (χ3n) is 2.71. The predicted octanol–water partition coefficient (Wildman–Crippen LogP) is 0.301. The van der Waals surface area contributed by atoms with Gasteiger partial charge in [0.05, 0.1) is 6.61 Å². The van der Waals surface area contributed by atoms with Gasteiger partial charge in [-0.15, -0.1) is 0 Å². The van der Waals surface area contributed by atoms with Crippen LogP contribution in [0.15, 0.2) is 4.99 Å². The van der Waals surface area contributed by atoms with Crippen molar-refractivity contribution in [2.75, 3.05) is 13.2 Å². The molecule has 2 unspecified atom stereocenters. The first-order chi connectivity index (χ1) is 8.44. The molecule has 18 heavy (non-hydrogen) atoms. The number of ether oxygens (including phenoxy) is 2. The van der Waals surface area contributed by atoms with Gasteiger partial charge in [-0.25, -0.2) is 4.79 Å². The van der Waals surface area contributed by atoms with Crippen LogP contribution in [-0.4, -0.2) is 41.1 Å². The van der Waals surface area contributed by atoms with Crippen LogP contribution in [0.1, 0.15) is 20.3 Å². The molecular formula is C11H16N2O4S. The Morgan fingerprint density at radius 3 is 2.89 bits per heavy atom. The third-order valence-corrected chi connectivity index (χ3v) is 3.87. The van der Waals surface area contributed by atoms with Gasteiger partial charge < -0.3 is 15.2 Å². The van der Waals surface area contributed by atoms with E-state index in [1.165, 1.54) is 0 Å². The number of thioether (sulfide) groups is 1. The molecule has 2 aliphatic heterocycles. The number of carbonyl (C=O) groups is 2. The van der Waals surface area contributed by atoms with Gasteiger partial charge in [0.2, 0.25) is 4.75 Å². The summed E-state index contributed by atoms with van der Waals surface area (Å²) in [5, 5.41) is 0.126. The fourth-order valence-electron chi connectivity index (χ4n) is 1.91. The molecule has 0 saturated carbocycles. The molecule has 6 nitrogen and oxygen atoms in total. The first-order valence-corrected chi connectivity index (χ1v) is 6.62. The number of amides is 1. The van der Waals surface area contributed by atoms with Gasteiger partial charge in [0.25, 0.3) is 5.91 Å². The van der Waals surface area contributed by atoms with Crippen molar-refractivity contribution in [3.05, 3.63) is 0 Å². The summed E-state index contributed by atoms with van der Waals surface area (Å²) in [5.74, 6) is -0.654. The van der Waals surface area contributed by atoms with Gasteiger partial charge in [-0.05, 0) is 5.92 Å². The molecule has 100 valence electrons. The lowest BCUT2D eigenvalue weighted by Crippen LogP contribution is -2.36. The van der Waals surface area contributed by atoms with E-state index in [0.29, 0.717) is 19.1 Å². The van der Waals surface area contributed by atoms with Gasteiger partial charge in [0, 0.05) is 13.0 Å². The van der Waals surface area contributed by atoms with Crippen LogP contribution in [0.2, 0.25) is 0 Å². The monoisotopic (exact) mass is 272 g/mol. The van der Waals surface area contributed by atoms with Gasteiger partial charge in [-0.1, -0.05) is 25.6 Å². The Bertz CT molecular complexity index is 410. The quantitative estimate of drug-likeness (QED) is 0.584. The molecule has 2 heterocycles. The van der Waals surface area contributed by atoms with Crippen molar-refractivity contribution in [1.29, 1.82) is 0 Å². The van der Waals surface area contributed by atoms with Crippen LogP contribution in [0.4, 0.5) is 0 Å². The SMILES string of the molecule is CC(C)COCC1CC2(SC(N)=NC2=O)C(=O)O1. The van der Waals surface area contributed by atoms with E-state index in [1.54, 1.807) is 0 Å². The second kappa shape index (κ2) is 4.89. The van der Waals surface area contributed by atoms with Crippen molar-refractivity contribution < 1.29 is 19.1 Å². The highest BCUT2D eigenvalue weighted by Crippen LogP contribution is 2.43. The molecule has 0 aromatic rings. The van der Waals surface area contributed by atoms with Crippen LogP contribution in [0.3, 0.4) is 0 Å². The standard InChI is InChI=1S/C11H16N2O4S/c1-6(2)4-16-5-7-3-11(9(15)17-7)8(14)13-10(12)18-11/h6-7H,3-5H2,1-2H3,(H2,12,13,14). The Morgan fingerprint density at radius 2 is 2.33 bits per heavy atom. The van der Waals surface area contributed by atoms with E-state index < -0.39 is 22.7 Å². The number of nitrogens with two attached hydrogens (primary N) is 1. The van der Waals surface area contributed by atoms with E-state index >= 15 is 0 Å². The van der Waals surface area contributed by atoms with E-state index in [9.17, 15) is 9.59 Å². The van der Waals surface area contributed by atoms with Crippen molar-refractivity contribution in [2.24, 2.45) is 16.6 Å². The van der Waals surface area contributed by atoms with E-state index in [2.05, 4.69) is 4.99 Å². The molecule has 1 amide bonds. The highest BCUT2D eigenvalue weighted by atomic mass is 32.2. The maximum Gasteiger partial charge on any atom is 0.333 e. The number of amidine groups is 1. The molecule has 1 spiro atoms. The lowest BCUT2D eigenvalue weighted by atomic mass is 10.0. The van der Waals surface area contributed by atoms with Crippen molar-refractivity contribution in [3.8, 4) is 0 Å². The van der Waals surface area contributed by atoms with Crippen molar-refractivity contribution in [1.82, 2.24) is 0 Å². The molecule has 0 aromatic carbocycles. The van der Waals surface area contributed by atoms with Crippen molar-refractivity contribution in [2.45, 2.75) is 31.1 Å². The molecule has 0 aliphatic carbocycles. The minimum Gasteiger partial charge on any atom is -0.458 e. The number of cyclic esters (lactones) is 1. The summed E-state index contributed by atoms with van der Waals surface area (Å²) in [6.45, 7) is 4.97. The highest BCUT2D eigenvalue weighted by molar-refractivity contribution is 8.16. The van der Waals surface area contributed by atoms with E-state index in [0.717, 1.165) is 11.8 Å².